The highest BCUT2D eigenvalue weighted by Crippen LogP contribution is 2.22. The highest BCUT2D eigenvalue weighted by molar-refractivity contribution is 7.80. The monoisotopic (exact) mass is 331 g/mol. The van der Waals surface area contributed by atoms with Gasteiger partial charge in [0, 0.05) is 13.7 Å². The minimum Gasteiger partial charge on any atom is -0.497 e. The highest BCUT2D eigenvalue weighted by Gasteiger charge is 2.02. The van der Waals surface area contributed by atoms with Gasteiger partial charge in [0.1, 0.15) is 5.75 Å². The van der Waals surface area contributed by atoms with Crippen LogP contribution in [0.5, 0.6) is 5.75 Å². The number of benzene rings is 2. The summed E-state index contributed by atoms with van der Waals surface area (Å²) in [6, 6.07) is 12.2. The van der Waals surface area contributed by atoms with E-state index in [1.807, 2.05) is 31.2 Å². The maximum atomic E-state index is 5.24. The molecule has 0 aliphatic rings. The zero-order chi connectivity index (χ0) is 16.7. The minimum atomic E-state index is 0.479. The normalized spacial score (nSPS) is 11.3. The summed E-state index contributed by atoms with van der Waals surface area (Å²) in [6.45, 7) is 3.18. The van der Waals surface area contributed by atoms with E-state index in [0.29, 0.717) is 18.3 Å². The van der Waals surface area contributed by atoms with E-state index in [1.54, 1.807) is 14.2 Å². The first-order chi connectivity index (χ1) is 11.1. The van der Waals surface area contributed by atoms with Crippen LogP contribution in [0.4, 0.5) is 0 Å². The van der Waals surface area contributed by atoms with Crippen molar-refractivity contribution >= 4 is 33.8 Å². The summed E-state index contributed by atoms with van der Waals surface area (Å²) in [4.78, 5) is 0. The molecular weight excluding hydrogens is 310 g/mol. The molecule has 2 aromatic rings. The molecule has 2 N–H and O–H groups in total. The van der Waals surface area contributed by atoms with Crippen LogP contribution in [-0.4, -0.2) is 38.2 Å². The van der Waals surface area contributed by atoms with Crippen molar-refractivity contribution in [3.05, 3.63) is 42.0 Å². The van der Waals surface area contributed by atoms with E-state index in [-0.39, 0.29) is 0 Å². The standard InChI is InChI=1S/C17H21N3O2S/c1-12(19-20-17(23)18-8-9-21-2)13-4-5-15-11-16(22-3)7-6-14(15)10-13/h4-7,10-11H,8-9H2,1-3H3,(H2,18,20,23). The Morgan fingerprint density at radius 3 is 2.61 bits per heavy atom. The number of nitrogens with one attached hydrogen (secondary N) is 2. The lowest BCUT2D eigenvalue weighted by atomic mass is 10.0. The van der Waals surface area contributed by atoms with E-state index in [4.69, 9.17) is 21.7 Å². The first-order valence-corrected chi connectivity index (χ1v) is 7.70. The Morgan fingerprint density at radius 2 is 1.87 bits per heavy atom. The van der Waals surface area contributed by atoms with Gasteiger partial charge in [0.15, 0.2) is 5.11 Å². The van der Waals surface area contributed by atoms with Crippen molar-refractivity contribution < 1.29 is 9.47 Å². The molecule has 0 atom stereocenters. The van der Waals surface area contributed by atoms with Crippen LogP contribution in [0.1, 0.15) is 12.5 Å². The third-order valence-corrected chi connectivity index (χ3v) is 3.62. The molecule has 2 rings (SSSR count). The molecule has 23 heavy (non-hydrogen) atoms. The summed E-state index contributed by atoms with van der Waals surface area (Å²) in [6.07, 6.45) is 0. The van der Waals surface area contributed by atoms with Gasteiger partial charge in [-0.15, -0.1) is 0 Å². The average molecular weight is 331 g/mol. The molecule has 0 spiro atoms. The van der Waals surface area contributed by atoms with Crippen LogP contribution in [0.2, 0.25) is 0 Å². The second-order valence-electron chi connectivity index (χ2n) is 4.99. The van der Waals surface area contributed by atoms with Gasteiger partial charge in [0.25, 0.3) is 0 Å². The Balaban J connectivity index is 2.06. The summed E-state index contributed by atoms with van der Waals surface area (Å²) in [5.41, 5.74) is 4.74. The molecular formula is C17H21N3O2S. The first-order valence-electron chi connectivity index (χ1n) is 7.29. The van der Waals surface area contributed by atoms with E-state index in [9.17, 15) is 0 Å². The van der Waals surface area contributed by atoms with Crippen LogP contribution in [0.25, 0.3) is 10.8 Å². The quantitative estimate of drug-likeness (QED) is 0.369. The highest BCUT2D eigenvalue weighted by atomic mass is 32.1. The molecule has 0 bridgehead atoms. The van der Waals surface area contributed by atoms with Crippen molar-refractivity contribution in [1.82, 2.24) is 10.7 Å². The first kappa shape index (κ1) is 17.2. The fourth-order valence-corrected chi connectivity index (χ4v) is 2.23. The maximum Gasteiger partial charge on any atom is 0.187 e. The lowest BCUT2D eigenvalue weighted by Gasteiger charge is -2.08. The third-order valence-electron chi connectivity index (χ3n) is 3.38. The molecule has 0 aliphatic heterocycles. The SMILES string of the molecule is COCCNC(=S)NN=C(C)c1ccc2cc(OC)ccc2c1. The van der Waals surface area contributed by atoms with E-state index in [2.05, 4.69) is 28.0 Å². The number of thiocarbonyl (C=S) groups is 1. The Labute approximate surface area is 141 Å². The summed E-state index contributed by atoms with van der Waals surface area (Å²) in [5.74, 6) is 0.852. The van der Waals surface area contributed by atoms with E-state index in [1.165, 1.54) is 0 Å². The molecule has 0 fully saturated rings. The zero-order valence-corrected chi connectivity index (χ0v) is 14.4. The van der Waals surface area contributed by atoms with Gasteiger partial charge in [-0.25, -0.2) is 0 Å². The molecule has 2 aromatic carbocycles. The van der Waals surface area contributed by atoms with Crippen molar-refractivity contribution in [3.63, 3.8) is 0 Å². The topological polar surface area (TPSA) is 54.9 Å². The molecule has 5 nitrogen and oxygen atoms in total. The van der Waals surface area contributed by atoms with Crippen LogP contribution in [0.3, 0.4) is 0 Å². The largest absolute Gasteiger partial charge is 0.497 e. The van der Waals surface area contributed by atoms with Crippen LogP contribution in [0, 0.1) is 0 Å². The molecule has 122 valence electrons. The Hall–Kier alpha value is -2.18. The van der Waals surface area contributed by atoms with Gasteiger partial charge in [0.2, 0.25) is 0 Å². The van der Waals surface area contributed by atoms with E-state index >= 15 is 0 Å². The average Bonchev–Trinajstić information content (AvgIpc) is 2.58. The van der Waals surface area contributed by atoms with Gasteiger partial charge in [-0.05, 0) is 53.7 Å². The van der Waals surface area contributed by atoms with Gasteiger partial charge >= 0.3 is 0 Å². The minimum absolute atomic E-state index is 0.479. The zero-order valence-electron chi connectivity index (χ0n) is 13.6. The number of fused-ring (bicyclic) bond motifs is 1. The second kappa shape index (κ2) is 8.45. The predicted octanol–water partition coefficient (Wildman–Crippen LogP) is 2.68. The van der Waals surface area contributed by atoms with Gasteiger partial charge in [0.05, 0.1) is 19.4 Å². The van der Waals surface area contributed by atoms with Crippen molar-refractivity contribution in [2.75, 3.05) is 27.4 Å². The number of hydrazone groups is 1. The fraction of sp³-hybridized carbons (Fsp3) is 0.294. The predicted molar refractivity (Wildman–Crippen MR) is 98.3 cm³/mol. The van der Waals surface area contributed by atoms with Gasteiger partial charge in [-0.3, -0.25) is 5.43 Å². The van der Waals surface area contributed by atoms with Crippen LogP contribution >= 0.6 is 12.2 Å². The Morgan fingerprint density at radius 1 is 1.13 bits per heavy atom. The number of ether oxygens (including phenoxy) is 2. The maximum absolute atomic E-state index is 5.24. The molecule has 0 heterocycles. The molecule has 6 heteroatoms. The lowest BCUT2D eigenvalue weighted by molar-refractivity contribution is 0.204. The smallest absolute Gasteiger partial charge is 0.187 e. The van der Waals surface area contributed by atoms with Gasteiger partial charge in [-0.1, -0.05) is 18.2 Å². The molecule has 0 saturated heterocycles. The summed E-state index contributed by atoms with van der Waals surface area (Å²) >= 11 is 5.14. The van der Waals surface area contributed by atoms with Crippen LogP contribution in [0.15, 0.2) is 41.5 Å². The third kappa shape index (κ3) is 4.91. The van der Waals surface area contributed by atoms with Crippen molar-refractivity contribution in [3.8, 4) is 5.75 Å². The summed E-state index contributed by atoms with van der Waals surface area (Å²) in [7, 11) is 3.32. The van der Waals surface area contributed by atoms with Gasteiger partial charge in [-0.2, -0.15) is 5.10 Å². The number of methoxy groups -OCH3 is 2. The Bertz CT molecular complexity index is 716. The Kier molecular flexibility index (Phi) is 6.31. The summed E-state index contributed by atoms with van der Waals surface area (Å²) in [5, 5.41) is 10.1. The van der Waals surface area contributed by atoms with Crippen molar-refractivity contribution in [2.24, 2.45) is 5.10 Å². The molecule has 0 aliphatic carbocycles. The van der Waals surface area contributed by atoms with Crippen LogP contribution in [-0.2, 0) is 4.74 Å². The number of nitrogens with zero attached hydrogens (tertiary/aromatic N) is 1. The lowest BCUT2D eigenvalue weighted by Crippen LogP contribution is -2.34. The van der Waals surface area contributed by atoms with E-state index in [0.717, 1.165) is 27.8 Å². The second-order valence-corrected chi connectivity index (χ2v) is 5.39. The molecule has 0 unspecified atom stereocenters. The molecule has 0 radical (unpaired) electrons. The number of hydrogen-bond acceptors (Lipinski definition) is 4. The van der Waals surface area contributed by atoms with Crippen LogP contribution < -0.4 is 15.5 Å². The number of rotatable bonds is 6. The van der Waals surface area contributed by atoms with Gasteiger partial charge < -0.3 is 14.8 Å². The van der Waals surface area contributed by atoms with E-state index < -0.39 is 0 Å². The molecule has 0 aromatic heterocycles. The number of hydrogen-bond donors (Lipinski definition) is 2. The van der Waals surface area contributed by atoms with Crippen molar-refractivity contribution in [1.29, 1.82) is 0 Å². The summed E-state index contributed by atoms with van der Waals surface area (Å²) < 4.78 is 10.2. The molecule has 0 saturated carbocycles. The fourth-order valence-electron chi connectivity index (χ4n) is 2.08. The molecule has 0 amide bonds. The van der Waals surface area contributed by atoms with Crippen molar-refractivity contribution in [2.45, 2.75) is 6.92 Å².